The molecule has 0 saturated carbocycles. The Balaban J connectivity index is 1.88. The fourth-order valence-corrected chi connectivity index (χ4v) is 3.62. The maximum Gasteiger partial charge on any atom is 0.199 e. The average Bonchev–Trinajstić information content (AvgIpc) is 3.05. The average molecular weight is 415 g/mol. The zero-order valence-corrected chi connectivity index (χ0v) is 16.2. The number of hydrogen-bond donors (Lipinski definition) is 0. The van der Waals surface area contributed by atoms with Gasteiger partial charge in [0.05, 0.1) is 11.0 Å². The van der Waals surface area contributed by atoms with Gasteiger partial charge >= 0.3 is 0 Å². The number of nitrogens with zero attached hydrogens (tertiary/aromatic N) is 4. The first kappa shape index (κ1) is 16.1. The molecule has 0 aliphatic heterocycles. The molecule has 5 aromatic rings. The fraction of sp³-hybridized carbons (Fsp3) is 0.0455. The number of para-hydroxylation sites is 2. The molecule has 2 aromatic heterocycles. The van der Waals surface area contributed by atoms with Crippen molar-refractivity contribution in [2.45, 2.75) is 6.92 Å². The molecular formula is C22H15BrN4. The van der Waals surface area contributed by atoms with E-state index in [1.165, 1.54) is 5.56 Å². The molecule has 0 amide bonds. The van der Waals surface area contributed by atoms with Crippen LogP contribution in [0, 0.1) is 6.92 Å². The van der Waals surface area contributed by atoms with Crippen LogP contribution in [0.25, 0.3) is 39.4 Å². The van der Waals surface area contributed by atoms with Crippen LogP contribution < -0.4 is 0 Å². The third kappa shape index (κ3) is 2.80. The molecule has 5 heteroatoms. The second kappa shape index (κ2) is 6.28. The largest absolute Gasteiger partial charge is 0.275 e. The Labute approximate surface area is 164 Å². The molecule has 0 radical (unpaired) electrons. The smallest absolute Gasteiger partial charge is 0.199 e. The predicted octanol–water partition coefficient (Wildman–Crippen LogP) is 5.71. The number of fused-ring (bicyclic) bond motifs is 2. The number of aromatic nitrogens is 4. The van der Waals surface area contributed by atoms with Gasteiger partial charge in [-0.25, -0.2) is 15.0 Å². The van der Waals surface area contributed by atoms with E-state index >= 15 is 0 Å². The Morgan fingerprint density at radius 2 is 1.52 bits per heavy atom. The van der Waals surface area contributed by atoms with Crippen LogP contribution in [-0.4, -0.2) is 19.5 Å². The lowest BCUT2D eigenvalue weighted by molar-refractivity contribution is 1.08. The maximum atomic E-state index is 4.87. The van der Waals surface area contributed by atoms with Crippen molar-refractivity contribution in [1.29, 1.82) is 0 Å². The minimum absolute atomic E-state index is 0.643. The molecule has 0 N–H and O–H groups in total. The van der Waals surface area contributed by atoms with Crippen molar-refractivity contribution < 1.29 is 0 Å². The van der Waals surface area contributed by atoms with Crippen LogP contribution in [-0.2, 0) is 0 Å². The van der Waals surface area contributed by atoms with Gasteiger partial charge in [-0.3, -0.25) is 4.57 Å². The van der Waals surface area contributed by atoms with Gasteiger partial charge in [-0.2, -0.15) is 0 Å². The number of rotatable bonds is 2. The summed E-state index contributed by atoms with van der Waals surface area (Å²) in [5.74, 6) is 0.824. The van der Waals surface area contributed by atoms with Crippen LogP contribution in [0.4, 0.5) is 0 Å². The third-order valence-corrected chi connectivity index (χ3v) is 5.04. The van der Waals surface area contributed by atoms with Crippen LogP contribution in [0.2, 0.25) is 0 Å². The van der Waals surface area contributed by atoms with E-state index in [1.807, 2.05) is 36.4 Å². The SMILES string of the molecule is Cc1ccc(-n2c(-c3cccc(Br)c3)nc3nc4ccccc4nc32)cc1. The van der Waals surface area contributed by atoms with Crippen molar-refractivity contribution in [1.82, 2.24) is 19.5 Å². The van der Waals surface area contributed by atoms with Crippen LogP contribution in [0.1, 0.15) is 5.56 Å². The molecule has 0 bridgehead atoms. The van der Waals surface area contributed by atoms with Gasteiger partial charge < -0.3 is 0 Å². The first-order valence-electron chi connectivity index (χ1n) is 8.67. The highest BCUT2D eigenvalue weighted by atomic mass is 79.9. The molecule has 2 heterocycles. The number of halogens is 1. The Morgan fingerprint density at radius 3 is 2.26 bits per heavy atom. The van der Waals surface area contributed by atoms with Crippen LogP contribution >= 0.6 is 15.9 Å². The van der Waals surface area contributed by atoms with E-state index in [0.29, 0.717) is 5.65 Å². The van der Waals surface area contributed by atoms with Gasteiger partial charge in [-0.15, -0.1) is 0 Å². The quantitative estimate of drug-likeness (QED) is 0.371. The van der Waals surface area contributed by atoms with Crippen molar-refractivity contribution in [2.24, 2.45) is 0 Å². The summed E-state index contributed by atoms with van der Waals surface area (Å²) < 4.78 is 3.09. The topological polar surface area (TPSA) is 43.6 Å². The highest BCUT2D eigenvalue weighted by Crippen LogP contribution is 2.29. The molecule has 0 aliphatic rings. The Bertz CT molecular complexity index is 1290. The van der Waals surface area contributed by atoms with Gasteiger partial charge in [0.2, 0.25) is 0 Å². The molecule has 5 rings (SSSR count). The molecule has 130 valence electrons. The van der Waals surface area contributed by atoms with Gasteiger partial charge in [-0.05, 0) is 43.3 Å². The lowest BCUT2D eigenvalue weighted by Crippen LogP contribution is -1.99. The van der Waals surface area contributed by atoms with Gasteiger partial charge in [0.15, 0.2) is 11.3 Å². The van der Waals surface area contributed by atoms with E-state index in [1.54, 1.807) is 0 Å². The van der Waals surface area contributed by atoms with Gasteiger partial charge in [0.25, 0.3) is 0 Å². The first-order chi connectivity index (χ1) is 13.2. The van der Waals surface area contributed by atoms with Gasteiger partial charge in [0.1, 0.15) is 5.82 Å². The summed E-state index contributed by atoms with van der Waals surface area (Å²) in [6.07, 6.45) is 0. The van der Waals surface area contributed by atoms with E-state index in [0.717, 1.165) is 38.2 Å². The van der Waals surface area contributed by atoms with Crippen LogP contribution in [0.15, 0.2) is 77.3 Å². The summed E-state index contributed by atoms with van der Waals surface area (Å²) in [4.78, 5) is 14.5. The van der Waals surface area contributed by atoms with E-state index in [2.05, 4.69) is 63.8 Å². The van der Waals surface area contributed by atoms with E-state index in [9.17, 15) is 0 Å². The second-order valence-corrected chi connectivity index (χ2v) is 7.39. The molecule has 4 nitrogen and oxygen atoms in total. The van der Waals surface area contributed by atoms with Crippen molar-refractivity contribution in [3.63, 3.8) is 0 Å². The first-order valence-corrected chi connectivity index (χ1v) is 9.46. The Hall–Kier alpha value is -3.05. The molecular weight excluding hydrogens is 400 g/mol. The zero-order chi connectivity index (χ0) is 18.4. The summed E-state index contributed by atoms with van der Waals surface area (Å²) >= 11 is 3.56. The fourth-order valence-electron chi connectivity index (χ4n) is 3.22. The van der Waals surface area contributed by atoms with Crippen molar-refractivity contribution in [3.8, 4) is 17.1 Å². The summed E-state index contributed by atoms with van der Waals surface area (Å²) in [5, 5.41) is 0. The minimum atomic E-state index is 0.643. The highest BCUT2D eigenvalue weighted by Gasteiger charge is 2.17. The number of hydrogen-bond acceptors (Lipinski definition) is 3. The van der Waals surface area contributed by atoms with E-state index in [4.69, 9.17) is 15.0 Å². The third-order valence-electron chi connectivity index (χ3n) is 4.54. The van der Waals surface area contributed by atoms with Crippen LogP contribution in [0.5, 0.6) is 0 Å². The standard InChI is InChI=1S/C22H15BrN4/c1-14-9-11-17(12-10-14)27-21(15-5-4-6-16(23)13-15)26-20-22(27)25-19-8-3-2-7-18(19)24-20/h2-13H,1H3. The lowest BCUT2D eigenvalue weighted by Gasteiger charge is -2.09. The van der Waals surface area contributed by atoms with Crippen molar-refractivity contribution in [3.05, 3.63) is 82.8 Å². The monoisotopic (exact) mass is 414 g/mol. The predicted molar refractivity (Wildman–Crippen MR) is 112 cm³/mol. The maximum absolute atomic E-state index is 4.87. The van der Waals surface area contributed by atoms with Gasteiger partial charge in [-0.1, -0.05) is 57.9 Å². The molecule has 0 saturated heterocycles. The van der Waals surface area contributed by atoms with Crippen molar-refractivity contribution >= 4 is 38.3 Å². The molecule has 27 heavy (non-hydrogen) atoms. The molecule has 3 aromatic carbocycles. The lowest BCUT2D eigenvalue weighted by atomic mass is 10.2. The van der Waals surface area contributed by atoms with E-state index in [-0.39, 0.29) is 0 Å². The Morgan fingerprint density at radius 1 is 0.778 bits per heavy atom. The van der Waals surface area contributed by atoms with Crippen molar-refractivity contribution in [2.75, 3.05) is 0 Å². The highest BCUT2D eigenvalue weighted by molar-refractivity contribution is 9.10. The van der Waals surface area contributed by atoms with Crippen LogP contribution in [0.3, 0.4) is 0 Å². The zero-order valence-electron chi connectivity index (χ0n) is 14.6. The molecule has 0 fully saturated rings. The molecule has 0 atom stereocenters. The number of imidazole rings is 1. The summed E-state index contributed by atoms with van der Waals surface area (Å²) in [6.45, 7) is 2.08. The normalized spacial score (nSPS) is 11.3. The molecule has 0 spiro atoms. The number of benzene rings is 3. The summed E-state index contributed by atoms with van der Waals surface area (Å²) in [5.41, 5.74) is 6.34. The molecule has 0 aliphatic carbocycles. The minimum Gasteiger partial charge on any atom is -0.275 e. The second-order valence-electron chi connectivity index (χ2n) is 6.48. The Kier molecular flexibility index (Phi) is 3.76. The van der Waals surface area contributed by atoms with E-state index < -0.39 is 0 Å². The molecule has 0 unspecified atom stereocenters. The number of aryl methyl sites for hydroxylation is 1. The summed E-state index contributed by atoms with van der Waals surface area (Å²) in [7, 11) is 0. The van der Waals surface area contributed by atoms with Gasteiger partial charge in [0, 0.05) is 15.7 Å². The summed E-state index contributed by atoms with van der Waals surface area (Å²) in [6, 6.07) is 24.4.